The highest BCUT2D eigenvalue weighted by molar-refractivity contribution is 9.10. The van der Waals surface area contributed by atoms with E-state index in [1.54, 1.807) is 24.3 Å². The van der Waals surface area contributed by atoms with Crippen LogP contribution in [0, 0.1) is 0 Å². The molecule has 0 aliphatic rings. The second-order valence-electron chi connectivity index (χ2n) is 7.44. The molecule has 2 aromatic carbocycles. The lowest BCUT2D eigenvalue weighted by Crippen LogP contribution is -2.22. The first-order chi connectivity index (χ1) is 13.2. The Morgan fingerprint density at radius 1 is 1.11 bits per heavy atom. The maximum atomic E-state index is 12.3. The van der Waals surface area contributed by atoms with E-state index in [2.05, 4.69) is 42.0 Å². The number of carbonyl (C=O) groups is 2. The van der Waals surface area contributed by atoms with Gasteiger partial charge in [-0.15, -0.1) is 0 Å². The topological polar surface area (TPSA) is 64.6 Å². The zero-order chi connectivity index (χ0) is 20.7. The second kappa shape index (κ2) is 9.73. The fraction of sp³-hybridized carbons (Fsp3) is 0.364. The Morgan fingerprint density at radius 2 is 1.86 bits per heavy atom. The molecule has 0 fully saturated rings. The van der Waals surface area contributed by atoms with E-state index < -0.39 is 5.97 Å². The highest BCUT2D eigenvalue weighted by Crippen LogP contribution is 2.33. The smallest absolute Gasteiger partial charge is 0.338 e. The van der Waals surface area contributed by atoms with E-state index in [0.717, 1.165) is 16.5 Å². The van der Waals surface area contributed by atoms with Gasteiger partial charge in [0.05, 0.1) is 12.2 Å². The number of amides is 1. The molecule has 1 N–H and O–H groups in total. The fourth-order valence-electron chi connectivity index (χ4n) is 2.56. The minimum atomic E-state index is -0.404. The van der Waals surface area contributed by atoms with E-state index in [0.29, 0.717) is 23.6 Å². The van der Waals surface area contributed by atoms with Crippen LogP contribution in [0.1, 0.15) is 50.0 Å². The molecule has 5 nitrogen and oxygen atoms in total. The lowest BCUT2D eigenvalue weighted by molar-refractivity contribution is -0.118. The average molecular weight is 448 g/mol. The average Bonchev–Trinajstić information content (AvgIpc) is 2.64. The van der Waals surface area contributed by atoms with Crippen LogP contribution in [0.25, 0.3) is 0 Å². The van der Waals surface area contributed by atoms with Gasteiger partial charge < -0.3 is 14.8 Å². The summed E-state index contributed by atoms with van der Waals surface area (Å²) >= 11 is 3.47. The predicted octanol–water partition coefficient (Wildman–Crippen LogP) is 5.33. The molecule has 0 aliphatic heterocycles. The number of nitrogens with one attached hydrogen (secondary N) is 1. The number of esters is 1. The molecule has 2 aromatic rings. The lowest BCUT2D eigenvalue weighted by Gasteiger charge is -2.23. The largest absolute Gasteiger partial charge is 0.483 e. The maximum Gasteiger partial charge on any atom is 0.338 e. The van der Waals surface area contributed by atoms with Crippen molar-refractivity contribution in [3.05, 3.63) is 58.1 Å². The van der Waals surface area contributed by atoms with Crippen LogP contribution in [0.5, 0.6) is 5.75 Å². The first kappa shape index (κ1) is 22.0. The number of halogens is 1. The molecular weight excluding hydrogens is 422 g/mol. The molecule has 0 radical (unpaired) electrons. The van der Waals surface area contributed by atoms with Crippen LogP contribution in [0.4, 0.5) is 5.69 Å². The van der Waals surface area contributed by atoms with E-state index in [-0.39, 0.29) is 17.9 Å². The van der Waals surface area contributed by atoms with Crippen LogP contribution in [0.2, 0.25) is 0 Å². The van der Waals surface area contributed by atoms with Crippen LogP contribution in [-0.4, -0.2) is 25.1 Å². The van der Waals surface area contributed by atoms with Crippen molar-refractivity contribution in [1.29, 1.82) is 0 Å². The summed E-state index contributed by atoms with van der Waals surface area (Å²) in [6.07, 6.45) is 0.756. The number of rotatable bonds is 7. The van der Waals surface area contributed by atoms with Gasteiger partial charge in [0, 0.05) is 15.7 Å². The monoisotopic (exact) mass is 447 g/mol. The summed E-state index contributed by atoms with van der Waals surface area (Å²) in [5.41, 5.74) is 1.81. The number of hydrogen-bond donors (Lipinski definition) is 1. The van der Waals surface area contributed by atoms with Crippen LogP contribution >= 0.6 is 15.9 Å². The van der Waals surface area contributed by atoms with Gasteiger partial charge in [-0.25, -0.2) is 4.79 Å². The Labute approximate surface area is 174 Å². The Kier molecular flexibility index (Phi) is 7.63. The number of benzene rings is 2. The third-order valence-corrected chi connectivity index (χ3v) is 4.42. The number of ether oxygens (including phenoxy) is 2. The molecule has 0 bridgehead atoms. The minimum Gasteiger partial charge on any atom is -0.483 e. The van der Waals surface area contributed by atoms with Gasteiger partial charge in [0.2, 0.25) is 0 Å². The third-order valence-electron chi connectivity index (χ3n) is 3.93. The quantitative estimate of drug-likeness (QED) is 0.582. The lowest BCUT2D eigenvalue weighted by atomic mass is 9.86. The highest BCUT2D eigenvalue weighted by atomic mass is 79.9. The Morgan fingerprint density at radius 3 is 2.54 bits per heavy atom. The SMILES string of the molecule is CCCOC(=O)c1cccc(NC(=O)COc2ccc(Br)cc2C(C)(C)C)c1. The van der Waals surface area contributed by atoms with E-state index in [9.17, 15) is 9.59 Å². The number of hydrogen-bond acceptors (Lipinski definition) is 4. The minimum absolute atomic E-state index is 0.122. The van der Waals surface area contributed by atoms with Gasteiger partial charge in [-0.2, -0.15) is 0 Å². The second-order valence-corrected chi connectivity index (χ2v) is 8.36. The summed E-state index contributed by atoms with van der Waals surface area (Å²) in [5, 5.41) is 2.75. The molecule has 0 unspecified atom stereocenters. The van der Waals surface area contributed by atoms with E-state index in [4.69, 9.17) is 9.47 Å². The zero-order valence-corrected chi connectivity index (χ0v) is 18.3. The molecule has 0 saturated heterocycles. The Hall–Kier alpha value is -2.34. The van der Waals surface area contributed by atoms with Gasteiger partial charge in [-0.3, -0.25) is 4.79 Å². The van der Waals surface area contributed by atoms with Crippen molar-refractivity contribution in [3.63, 3.8) is 0 Å². The first-order valence-electron chi connectivity index (χ1n) is 9.20. The molecule has 2 rings (SSSR count). The standard InChI is InChI=1S/C22H26BrNO4/c1-5-11-27-21(26)15-7-6-8-17(12-15)24-20(25)14-28-19-10-9-16(23)13-18(19)22(2,3)4/h6-10,12-13H,5,11,14H2,1-4H3,(H,24,25). The van der Waals surface area contributed by atoms with Gasteiger partial charge in [-0.05, 0) is 48.2 Å². The summed E-state index contributed by atoms with van der Waals surface area (Å²) < 4.78 is 11.8. The normalized spacial score (nSPS) is 11.0. The van der Waals surface area contributed by atoms with Crippen molar-refractivity contribution in [2.24, 2.45) is 0 Å². The van der Waals surface area contributed by atoms with Gasteiger partial charge in [0.15, 0.2) is 6.61 Å². The van der Waals surface area contributed by atoms with Crippen molar-refractivity contribution >= 4 is 33.5 Å². The molecule has 0 spiro atoms. The number of anilines is 1. The maximum absolute atomic E-state index is 12.3. The van der Waals surface area contributed by atoms with Crippen LogP contribution in [-0.2, 0) is 14.9 Å². The van der Waals surface area contributed by atoms with Crippen LogP contribution in [0.15, 0.2) is 46.9 Å². The molecule has 1 amide bonds. The molecule has 0 saturated carbocycles. The Balaban J connectivity index is 2.01. The molecule has 0 aliphatic carbocycles. The Bertz CT molecular complexity index is 843. The number of carbonyl (C=O) groups excluding carboxylic acids is 2. The molecule has 28 heavy (non-hydrogen) atoms. The van der Waals surface area contributed by atoms with E-state index >= 15 is 0 Å². The van der Waals surface area contributed by atoms with E-state index in [1.807, 2.05) is 25.1 Å². The summed E-state index contributed by atoms with van der Waals surface area (Å²) in [5.74, 6) is -0.0384. The molecular formula is C22H26BrNO4. The van der Waals surface area contributed by atoms with Gasteiger partial charge in [0.25, 0.3) is 5.91 Å². The first-order valence-corrected chi connectivity index (χ1v) is 10.00. The predicted molar refractivity (Wildman–Crippen MR) is 114 cm³/mol. The van der Waals surface area contributed by atoms with Gasteiger partial charge >= 0.3 is 5.97 Å². The summed E-state index contributed by atoms with van der Waals surface area (Å²) in [4.78, 5) is 24.3. The molecule has 6 heteroatoms. The zero-order valence-electron chi connectivity index (χ0n) is 16.7. The van der Waals surface area contributed by atoms with Crippen molar-refractivity contribution in [2.75, 3.05) is 18.5 Å². The molecule has 0 heterocycles. The van der Waals surface area contributed by atoms with Gasteiger partial charge in [-0.1, -0.05) is 49.7 Å². The summed E-state index contributed by atoms with van der Waals surface area (Å²) in [6.45, 7) is 8.43. The molecule has 150 valence electrons. The molecule has 0 aromatic heterocycles. The van der Waals surface area contributed by atoms with Crippen molar-refractivity contribution in [2.45, 2.75) is 39.5 Å². The van der Waals surface area contributed by atoms with Crippen LogP contribution in [0.3, 0.4) is 0 Å². The fourth-order valence-corrected chi connectivity index (χ4v) is 2.92. The van der Waals surface area contributed by atoms with E-state index in [1.165, 1.54) is 0 Å². The third kappa shape index (κ3) is 6.37. The summed E-state index contributed by atoms with van der Waals surface area (Å²) in [7, 11) is 0. The van der Waals surface area contributed by atoms with Crippen molar-refractivity contribution in [1.82, 2.24) is 0 Å². The van der Waals surface area contributed by atoms with Crippen molar-refractivity contribution in [3.8, 4) is 5.75 Å². The van der Waals surface area contributed by atoms with Crippen LogP contribution < -0.4 is 10.1 Å². The summed E-state index contributed by atoms with van der Waals surface area (Å²) in [6, 6.07) is 12.4. The highest BCUT2D eigenvalue weighted by Gasteiger charge is 2.20. The van der Waals surface area contributed by atoms with Crippen molar-refractivity contribution < 1.29 is 19.1 Å². The van der Waals surface area contributed by atoms with Gasteiger partial charge in [0.1, 0.15) is 5.75 Å². The molecule has 0 atom stereocenters.